The molecule has 0 saturated carbocycles. The number of pyridine rings is 1. The molecule has 0 radical (unpaired) electrons. The Morgan fingerprint density at radius 2 is 2.50 bits per heavy atom. The van der Waals surface area contributed by atoms with Gasteiger partial charge in [0.25, 0.3) is 0 Å². The highest BCUT2D eigenvalue weighted by molar-refractivity contribution is 5.91. The second kappa shape index (κ2) is 5.79. The highest BCUT2D eigenvalue weighted by atomic mass is 16.5. The van der Waals surface area contributed by atoms with Crippen molar-refractivity contribution in [3.8, 4) is 5.75 Å². The number of nitrogens with one attached hydrogen (secondary N) is 2. The van der Waals surface area contributed by atoms with E-state index in [1.807, 2.05) is 0 Å². The van der Waals surface area contributed by atoms with Crippen molar-refractivity contribution >= 4 is 11.7 Å². The summed E-state index contributed by atoms with van der Waals surface area (Å²) in [6.07, 6.45) is 0.301. The van der Waals surface area contributed by atoms with E-state index in [2.05, 4.69) is 15.6 Å². The zero-order valence-electron chi connectivity index (χ0n) is 10.3. The highest BCUT2D eigenvalue weighted by Gasteiger charge is 2.17. The predicted octanol–water partition coefficient (Wildman–Crippen LogP) is 0.413. The molecule has 98 valence electrons. The number of nitrogens with zero attached hydrogens (tertiary/aromatic N) is 1. The van der Waals surface area contributed by atoms with E-state index in [-0.39, 0.29) is 23.5 Å². The Morgan fingerprint density at radius 3 is 3.22 bits per heavy atom. The molecule has 6 heteroatoms. The molecule has 1 atom stereocenters. The van der Waals surface area contributed by atoms with Gasteiger partial charge in [-0.2, -0.15) is 0 Å². The van der Waals surface area contributed by atoms with Gasteiger partial charge < -0.3 is 20.5 Å². The van der Waals surface area contributed by atoms with E-state index in [4.69, 9.17) is 4.74 Å². The van der Waals surface area contributed by atoms with Crippen LogP contribution in [-0.2, 0) is 9.53 Å². The van der Waals surface area contributed by atoms with Gasteiger partial charge >= 0.3 is 0 Å². The Morgan fingerprint density at radius 1 is 1.67 bits per heavy atom. The molecule has 1 unspecified atom stereocenters. The third kappa shape index (κ3) is 3.41. The summed E-state index contributed by atoms with van der Waals surface area (Å²) in [6.45, 7) is 3.76. The molecule has 0 spiro atoms. The molecule has 1 saturated heterocycles. The van der Waals surface area contributed by atoms with Crippen LogP contribution >= 0.6 is 0 Å². The van der Waals surface area contributed by atoms with E-state index in [1.54, 1.807) is 13.0 Å². The highest BCUT2D eigenvalue weighted by Crippen LogP contribution is 2.20. The van der Waals surface area contributed by atoms with E-state index in [0.29, 0.717) is 19.6 Å². The lowest BCUT2D eigenvalue weighted by Gasteiger charge is -2.23. The molecule has 1 fully saturated rings. The number of aromatic nitrogens is 1. The van der Waals surface area contributed by atoms with E-state index >= 15 is 0 Å². The first kappa shape index (κ1) is 12.8. The number of carbonyl (C=O) groups excluding carboxylic acids is 1. The smallest absolute Gasteiger partial charge is 0.227 e. The third-order valence-electron chi connectivity index (χ3n) is 2.70. The van der Waals surface area contributed by atoms with Crippen LogP contribution in [0.2, 0.25) is 0 Å². The van der Waals surface area contributed by atoms with E-state index in [1.165, 1.54) is 6.07 Å². The number of carbonyl (C=O) groups is 1. The quantitative estimate of drug-likeness (QED) is 0.725. The molecule has 0 bridgehead atoms. The van der Waals surface area contributed by atoms with Crippen LogP contribution in [-0.4, -0.2) is 41.8 Å². The maximum atomic E-state index is 11.8. The van der Waals surface area contributed by atoms with E-state index in [9.17, 15) is 9.90 Å². The van der Waals surface area contributed by atoms with Crippen LogP contribution in [0.3, 0.4) is 0 Å². The van der Waals surface area contributed by atoms with E-state index < -0.39 is 0 Å². The fourth-order valence-corrected chi connectivity index (χ4v) is 1.80. The lowest BCUT2D eigenvalue weighted by atomic mass is 10.2. The van der Waals surface area contributed by atoms with Crippen LogP contribution in [0, 0.1) is 6.92 Å². The number of morpholine rings is 1. The molecular formula is C12H17N3O3. The van der Waals surface area contributed by atoms with Crippen molar-refractivity contribution in [3.63, 3.8) is 0 Å². The summed E-state index contributed by atoms with van der Waals surface area (Å²) in [4.78, 5) is 15.9. The second-order valence-electron chi connectivity index (χ2n) is 4.30. The number of amides is 1. The number of ether oxygens (including phenoxy) is 1. The Balaban J connectivity index is 1.92. The lowest BCUT2D eigenvalue weighted by Crippen LogP contribution is -2.43. The van der Waals surface area contributed by atoms with Gasteiger partial charge in [-0.15, -0.1) is 0 Å². The first-order valence-corrected chi connectivity index (χ1v) is 5.93. The number of hydrogen-bond acceptors (Lipinski definition) is 5. The number of aryl methyl sites for hydroxylation is 1. The second-order valence-corrected chi connectivity index (χ2v) is 4.30. The third-order valence-corrected chi connectivity index (χ3v) is 2.70. The molecule has 3 N–H and O–H groups in total. The summed E-state index contributed by atoms with van der Waals surface area (Å²) >= 11 is 0. The maximum Gasteiger partial charge on any atom is 0.227 e. The Labute approximate surface area is 105 Å². The van der Waals surface area contributed by atoms with Crippen LogP contribution < -0.4 is 10.6 Å². The molecule has 2 heterocycles. The first-order valence-electron chi connectivity index (χ1n) is 5.93. The van der Waals surface area contributed by atoms with Crippen molar-refractivity contribution in [2.75, 3.05) is 25.1 Å². The van der Waals surface area contributed by atoms with Gasteiger partial charge in [0.15, 0.2) is 11.6 Å². The van der Waals surface area contributed by atoms with Crippen LogP contribution in [0.25, 0.3) is 0 Å². The van der Waals surface area contributed by atoms with Gasteiger partial charge in [-0.1, -0.05) is 0 Å². The summed E-state index contributed by atoms with van der Waals surface area (Å²) in [5.41, 5.74) is 0.738. The van der Waals surface area contributed by atoms with E-state index in [0.717, 1.165) is 12.2 Å². The van der Waals surface area contributed by atoms with Gasteiger partial charge in [-0.25, -0.2) is 4.98 Å². The first-order chi connectivity index (χ1) is 8.65. The van der Waals surface area contributed by atoms with Crippen molar-refractivity contribution in [3.05, 3.63) is 17.8 Å². The molecular weight excluding hydrogens is 234 g/mol. The standard InChI is InChI=1S/C12H17N3O3/c1-8-2-3-10(16)12(14-8)15-11(17)6-9-7-18-5-4-13-9/h2-3,9,13,16H,4-7H2,1H3,(H,14,15,17). The zero-order chi connectivity index (χ0) is 13.0. The molecule has 1 amide bonds. The summed E-state index contributed by atoms with van der Waals surface area (Å²) in [6, 6.07) is 3.22. The van der Waals surface area contributed by atoms with Gasteiger partial charge in [0, 0.05) is 24.7 Å². The zero-order valence-corrected chi connectivity index (χ0v) is 10.3. The number of aromatic hydroxyl groups is 1. The largest absolute Gasteiger partial charge is 0.504 e. The SMILES string of the molecule is Cc1ccc(O)c(NC(=O)CC2COCCN2)n1. The normalized spacial score (nSPS) is 19.5. The average Bonchev–Trinajstić information content (AvgIpc) is 2.35. The molecule has 1 aliphatic heterocycles. The number of hydrogen-bond donors (Lipinski definition) is 3. The molecule has 1 aromatic heterocycles. The summed E-state index contributed by atoms with van der Waals surface area (Å²) in [7, 11) is 0. The van der Waals surface area contributed by atoms with Crippen molar-refractivity contribution in [1.82, 2.24) is 10.3 Å². The van der Waals surface area contributed by atoms with Crippen molar-refractivity contribution < 1.29 is 14.6 Å². The maximum absolute atomic E-state index is 11.8. The molecule has 6 nitrogen and oxygen atoms in total. The lowest BCUT2D eigenvalue weighted by molar-refractivity contribution is -0.117. The van der Waals surface area contributed by atoms with Gasteiger partial charge in [0.05, 0.1) is 13.2 Å². The topological polar surface area (TPSA) is 83.5 Å². The van der Waals surface area contributed by atoms with Crippen LogP contribution in [0.4, 0.5) is 5.82 Å². The molecule has 0 aliphatic carbocycles. The van der Waals surface area contributed by atoms with Crippen molar-refractivity contribution in [2.24, 2.45) is 0 Å². The molecule has 0 aromatic carbocycles. The minimum Gasteiger partial charge on any atom is -0.504 e. The minimum absolute atomic E-state index is 0.0192. The Bertz CT molecular complexity index is 431. The van der Waals surface area contributed by atoms with Crippen LogP contribution in [0.1, 0.15) is 12.1 Å². The Kier molecular flexibility index (Phi) is 4.11. The monoisotopic (exact) mass is 251 g/mol. The molecule has 18 heavy (non-hydrogen) atoms. The summed E-state index contributed by atoms with van der Waals surface area (Å²) < 4.78 is 5.27. The molecule has 2 rings (SSSR count). The van der Waals surface area contributed by atoms with Crippen LogP contribution in [0.5, 0.6) is 5.75 Å². The van der Waals surface area contributed by atoms with Crippen molar-refractivity contribution in [2.45, 2.75) is 19.4 Å². The van der Waals surface area contributed by atoms with Gasteiger partial charge in [0.1, 0.15) is 0 Å². The fraction of sp³-hybridized carbons (Fsp3) is 0.500. The molecule has 1 aromatic rings. The van der Waals surface area contributed by atoms with Crippen molar-refractivity contribution in [1.29, 1.82) is 0 Å². The summed E-state index contributed by atoms with van der Waals surface area (Å²) in [5, 5.41) is 15.4. The van der Waals surface area contributed by atoms with Gasteiger partial charge in [0.2, 0.25) is 5.91 Å². The number of anilines is 1. The summed E-state index contributed by atoms with van der Waals surface area (Å²) in [5.74, 6) is -0.00932. The average molecular weight is 251 g/mol. The number of rotatable bonds is 3. The van der Waals surface area contributed by atoms with Gasteiger partial charge in [-0.3, -0.25) is 4.79 Å². The minimum atomic E-state index is -0.189. The predicted molar refractivity (Wildman–Crippen MR) is 66.5 cm³/mol. The van der Waals surface area contributed by atoms with Gasteiger partial charge in [-0.05, 0) is 19.1 Å². The fourth-order valence-electron chi connectivity index (χ4n) is 1.80. The molecule has 1 aliphatic rings. The van der Waals surface area contributed by atoms with Crippen LogP contribution in [0.15, 0.2) is 12.1 Å². The Hall–Kier alpha value is -1.66.